The Bertz CT molecular complexity index is 218. The van der Waals surface area contributed by atoms with Gasteiger partial charge in [0.05, 0.1) is 0 Å². The summed E-state index contributed by atoms with van der Waals surface area (Å²) in [5, 5.41) is 3.62. The van der Waals surface area contributed by atoms with E-state index >= 15 is 0 Å². The molecular formula is C20H41N. The number of hydrogen-bond acceptors (Lipinski definition) is 1. The first-order chi connectivity index (χ1) is 10.3. The number of unbranched alkanes of at least 4 members (excludes halogenated alkanes) is 9. The highest BCUT2D eigenvalue weighted by Gasteiger charge is 2.32. The van der Waals surface area contributed by atoms with E-state index < -0.39 is 0 Å². The maximum absolute atomic E-state index is 3.62. The molecule has 0 unspecified atom stereocenters. The molecule has 0 aromatic carbocycles. The predicted octanol–water partition coefficient (Wildman–Crippen LogP) is 6.47. The lowest BCUT2D eigenvalue weighted by atomic mass is 9.80. The molecule has 0 heterocycles. The van der Waals surface area contributed by atoms with E-state index in [1.54, 1.807) is 0 Å². The first kappa shape index (κ1) is 19.0. The van der Waals surface area contributed by atoms with Gasteiger partial charge in [0, 0.05) is 6.54 Å². The molecule has 1 nitrogen and oxygen atoms in total. The minimum atomic E-state index is 0.677. The summed E-state index contributed by atoms with van der Waals surface area (Å²) < 4.78 is 0. The van der Waals surface area contributed by atoms with E-state index in [9.17, 15) is 0 Å². The maximum atomic E-state index is 3.62. The molecule has 1 aliphatic rings. The molecule has 0 aliphatic heterocycles. The van der Waals surface area contributed by atoms with E-state index in [0.717, 1.165) is 6.54 Å². The van der Waals surface area contributed by atoms with Crippen molar-refractivity contribution in [2.24, 2.45) is 5.41 Å². The van der Waals surface area contributed by atoms with Crippen molar-refractivity contribution in [2.75, 3.05) is 13.1 Å². The van der Waals surface area contributed by atoms with Gasteiger partial charge in [-0.1, -0.05) is 90.9 Å². The van der Waals surface area contributed by atoms with Crippen molar-refractivity contribution in [1.29, 1.82) is 0 Å². The van der Waals surface area contributed by atoms with E-state index in [4.69, 9.17) is 0 Å². The van der Waals surface area contributed by atoms with Crippen LogP contribution in [0.1, 0.15) is 110 Å². The smallest absolute Gasteiger partial charge is 0.000769 e. The highest BCUT2D eigenvalue weighted by Crippen LogP contribution is 2.41. The van der Waals surface area contributed by atoms with Crippen LogP contribution in [0.2, 0.25) is 0 Å². The van der Waals surface area contributed by atoms with Gasteiger partial charge in [0.15, 0.2) is 0 Å². The fourth-order valence-corrected chi connectivity index (χ4v) is 4.02. The van der Waals surface area contributed by atoms with Gasteiger partial charge >= 0.3 is 0 Å². The lowest BCUT2D eigenvalue weighted by Gasteiger charge is -2.29. The SMILES string of the molecule is CCCCCCCCCCCCC1(CNCC)CCCC1. The quantitative estimate of drug-likeness (QED) is 0.362. The van der Waals surface area contributed by atoms with Crippen molar-refractivity contribution in [3.05, 3.63) is 0 Å². The van der Waals surface area contributed by atoms with Crippen molar-refractivity contribution in [3.63, 3.8) is 0 Å². The summed E-state index contributed by atoms with van der Waals surface area (Å²) in [7, 11) is 0. The van der Waals surface area contributed by atoms with Crippen LogP contribution in [0.25, 0.3) is 0 Å². The average molecular weight is 296 g/mol. The van der Waals surface area contributed by atoms with Gasteiger partial charge in [0.25, 0.3) is 0 Å². The Hall–Kier alpha value is -0.0400. The zero-order valence-corrected chi connectivity index (χ0v) is 15.0. The molecule has 0 radical (unpaired) electrons. The molecule has 1 saturated carbocycles. The van der Waals surface area contributed by atoms with Crippen molar-refractivity contribution in [1.82, 2.24) is 5.32 Å². The normalized spacial score (nSPS) is 17.4. The Labute approximate surface area is 134 Å². The summed E-state index contributed by atoms with van der Waals surface area (Å²) in [6, 6.07) is 0. The molecule has 0 spiro atoms. The van der Waals surface area contributed by atoms with E-state index in [-0.39, 0.29) is 0 Å². The summed E-state index contributed by atoms with van der Waals surface area (Å²) in [6.07, 6.45) is 22.0. The Morgan fingerprint density at radius 3 is 1.76 bits per heavy atom. The second kappa shape index (κ2) is 12.5. The molecule has 21 heavy (non-hydrogen) atoms. The Morgan fingerprint density at radius 1 is 0.714 bits per heavy atom. The lowest BCUT2D eigenvalue weighted by Crippen LogP contribution is -2.32. The molecule has 1 heteroatoms. The van der Waals surface area contributed by atoms with Gasteiger partial charge in [-0.3, -0.25) is 0 Å². The van der Waals surface area contributed by atoms with Gasteiger partial charge in [0.2, 0.25) is 0 Å². The fraction of sp³-hybridized carbons (Fsp3) is 1.00. The standard InChI is InChI=1S/C20H41N/c1-3-5-6-7-8-9-10-11-12-13-16-20(19-21-4-2)17-14-15-18-20/h21H,3-19H2,1-2H3. The molecule has 0 atom stereocenters. The van der Waals surface area contributed by atoms with Crippen LogP contribution in [0, 0.1) is 5.41 Å². The van der Waals surface area contributed by atoms with E-state index in [0.29, 0.717) is 5.41 Å². The number of nitrogens with one attached hydrogen (secondary N) is 1. The van der Waals surface area contributed by atoms with Crippen molar-refractivity contribution < 1.29 is 0 Å². The average Bonchev–Trinajstić information content (AvgIpc) is 2.96. The van der Waals surface area contributed by atoms with Crippen LogP contribution in [0.3, 0.4) is 0 Å². The topological polar surface area (TPSA) is 12.0 Å². The maximum Gasteiger partial charge on any atom is 0.000769 e. The second-order valence-electron chi connectivity index (χ2n) is 7.42. The van der Waals surface area contributed by atoms with Crippen LogP contribution >= 0.6 is 0 Å². The van der Waals surface area contributed by atoms with Crippen LogP contribution in [-0.4, -0.2) is 13.1 Å². The van der Waals surface area contributed by atoms with E-state index in [1.165, 1.54) is 103 Å². The van der Waals surface area contributed by atoms with Gasteiger partial charge in [-0.05, 0) is 31.2 Å². The second-order valence-corrected chi connectivity index (χ2v) is 7.42. The van der Waals surface area contributed by atoms with Gasteiger partial charge in [-0.25, -0.2) is 0 Å². The third-order valence-electron chi connectivity index (χ3n) is 5.47. The monoisotopic (exact) mass is 295 g/mol. The van der Waals surface area contributed by atoms with Crippen molar-refractivity contribution in [3.8, 4) is 0 Å². The first-order valence-corrected chi connectivity index (χ1v) is 10.0. The summed E-state index contributed by atoms with van der Waals surface area (Å²) in [4.78, 5) is 0. The van der Waals surface area contributed by atoms with Crippen LogP contribution in [0.4, 0.5) is 0 Å². The third kappa shape index (κ3) is 8.86. The van der Waals surface area contributed by atoms with Crippen LogP contribution in [0.5, 0.6) is 0 Å². The third-order valence-corrected chi connectivity index (χ3v) is 5.47. The Kier molecular flexibility index (Phi) is 11.3. The molecule has 0 aromatic rings. The first-order valence-electron chi connectivity index (χ1n) is 10.0. The minimum Gasteiger partial charge on any atom is -0.316 e. The van der Waals surface area contributed by atoms with Crippen LogP contribution < -0.4 is 5.32 Å². The zero-order chi connectivity index (χ0) is 15.2. The van der Waals surface area contributed by atoms with Gasteiger partial charge in [-0.2, -0.15) is 0 Å². The molecule has 1 N–H and O–H groups in total. The molecule has 0 amide bonds. The molecular weight excluding hydrogens is 254 g/mol. The highest BCUT2D eigenvalue weighted by atomic mass is 14.9. The molecule has 0 saturated heterocycles. The van der Waals surface area contributed by atoms with Gasteiger partial charge in [0.1, 0.15) is 0 Å². The molecule has 1 fully saturated rings. The van der Waals surface area contributed by atoms with Crippen LogP contribution in [0.15, 0.2) is 0 Å². The fourth-order valence-electron chi connectivity index (χ4n) is 4.02. The predicted molar refractivity (Wildman–Crippen MR) is 95.9 cm³/mol. The van der Waals surface area contributed by atoms with Gasteiger partial charge < -0.3 is 5.32 Å². The molecule has 1 aliphatic carbocycles. The zero-order valence-electron chi connectivity index (χ0n) is 15.0. The number of rotatable bonds is 14. The number of hydrogen-bond donors (Lipinski definition) is 1. The highest BCUT2D eigenvalue weighted by molar-refractivity contribution is 4.86. The summed E-state index contributed by atoms with van der Waals surface area (Å²) in [5.74, 6) is 0. The van der Waals surface area contributed by atoms with Crippen molar-refractivity contribution in [2.45, 2.75) is 110 Å². The van der Waals surface area contributed by atoms with Crippen molar-refractivity contribution >= 4 is 0 Å². The van der Waals surface area contributed by atoms with Gasteiger partial charge in [-0.15, -0.1) is 0 Å². The molecule has 1 rings (SSSR count). The van der Waals surface area contributed by atoms with E-state index in [2.05, 4.69) is 19.2 Å². The summed E-state index contributed by atoms with van der Waals surface area (Å²) in [5.41, 5.74) is 0.677. The Balaban J connectivity index is 1.94. The summed E-state index contributed by atoms with van der Waals surface area (Å²) in [6.45, 7) is 6.96. The largest absolute Gasteiger partial charge is 0.316 e. The minimum absolute atomic E-state index is 0.677. The summed E-state index contributed by atoms with van der Waals surface area (Å²) >= 11 is 0. The lowest BCUT2D eigenvalue weighted by molar-refractivity contribution is 0.249. The molecule has 126 valence electrons. The molecule has 0 bridgehead atoms. The van der Waals surface area contributed by atoms with E-state index in [1.807, 2.05) is 0 Å². The van der Waals surface area contributed by atoms with Crippen LogP contribution in [-0.2, 0) is 0 Å². The molecule has 0 aromatic heterocycles. The Morgan fingerprint density at radius 2 is 1.24 bits per heavy atom.